The smallest absolute Gasteiger partial charge is 0.0852 e. The summed E-state index contributed by atoms with van der Waals surface area (Å²) in [4.78, 5) is 0. The summed E-state index contributed by atoms with van der Waals surface area (Å²) < 4.78 is 0. The summed E-state index contributed by atoms with van der Waals surface area (Å²) in [5.74, 6) is 0. The van der Waals surface area contributed by atoms with Gasteiger partial charge in [0.15, 0.2) is 0 Å². The fourth-order valence-electron chi connectivity index (χ4n) is 0.727. The van der Waals surface area contributed by atoms with Crippen LogP contribution in [0.2, 0.25) is 0 Å². The molecule has 0 atom stereocenters. The predicted molar refractivity (Wildman–Crippen MR) is 66.4 cm³/mol. The van der Waals surface area contributed by atoms with Gasteiger partial charge in [-0.05, 0) is 19.1 Å². The Hall–Kier alpha value is -1.18. The Morgan fingerprint density at radius 1 is 0.929 bits per heavy atom. The lowest BCUT2D eigenvalue weighted by Crippen LogP contribution is -1.67. The summed E-state index contributed by atoms with van der Waals surface area (Å²) in [6.07, 6.45) is 0. The van der Waals surface area contributed by atoms with Gasteiger partial charge in [-0.2, -0.15) is 10.2 Å². The van der Waals surface area contributed by atoms with E-state index in [2.05, 4.69) is 10.2 Å². The van der Waals surface area contributed by atoms with E-state index in [1.807, 2.05) is 58.9 Å². The predicted octanol–water partition coefficient (Wildman–Crippen LogP) is 5.01. The Morgan fingerprint density at radius 3 is 1.71 bits per heavy atom. The molecule has 0 saturated heterocycles. The van der Waals surface area contributed by atoms with Crippen molar-refractivity contribution in [3.63, 3.8) is 0 Å². The van der Waals surface area contributed by atoms with Crippen LogP contribution in [-0.2, 0) is 0 Å². The molecule has 0 aliphatic heterocycles. The van der Waals surface area contributed by atoms with Crippen molar-refractivity contribution >= 4 is 5.69 Å². The second kappa shape index (κ2) is 11.8. The number of rotatable bonds is 1. The monoisotopic (exact) mass is 197 g/mol. The van der Waals surface area contributed by atoms with Crippen LogP contribution in [0.1, 0.15) is 34.7 Å². The molecule has 0 radical (unpaired) electrons. The molecule has 0 N–H and O–H groups in total. The molecule has 14 heavy (non-hydrogen) atoms. The Labute approximate surface area is 89.6 Å². The zero-order valence-corrected chi connectivity index (χ0v) is 10.2. The third kappa shape index (κ3) is 7.47. The molecule has 0 spiro atoms. The highest BCUT2D eigenvalue weighted by molar-refractivity contribution is 5.37. The minimum atomic E-state index is 0. The highest BCUT2D eigenvalue weighted by Crippen LogP contribution is 2.11. The molecule has 0 amide bonds. The Kier molecular flexibility index (Phi) is 12.9. The van der Waals surface area contributed by atoms with Crippen molar-refractivity contribution in [1.29, 1.82) is 0 Å². The van der Waals surface area contributed by atoms with E-state index in [-0.39, 0.29) is 1.43 Å². The lowest BCUT2D eigenvalue weighted by atomic mass is 10.2. The molecular formula is C12H24N2. The lowest BCUT2D eigenvalue weighted by molar-refractivity contribution is 1.17. The molecule has 0 bridgehead atoms. The average molecular weight is 197 g/mol. The Balaban J connectivity index is -0.000000258. The van der Waals surface area contributed by atoms with Gasteiger partial charge in [0.1, 0.15) is 0 Å². The van der Waals surface area contributed by atoms with Gasteiger partial charge in [-0.25, -0.2) is 0 Å². The highest BCUT2D eigenvalue weighted by Gasteiger charge is 1.85. The molecule has 1 rings (SSSR count). The summed E-state index contributed by atoms with van der Waals surface area (Å²) >= 11 is 0. The molecule has 0 unspecified atom stereocenters. The number of hydrogen-bond acceptors (Lipinski definition) is 2. The maximum atomic E-state index is 3.87. The minimum Gasteiger partial charge on any atom is -0.192 e. The first-order chi connectivity index (χ1) is 6.83. The zero-order valence-electron chi connectivity index (χ0n) is 10.2. The van der Waals surface area contributed by atoms with E-state index in [1.165, 1.54) is 5.56 Å². The maximum absolute atomic E-state index is 3.87. The van der Waals surface area contributed by atoms with Crippen molar-refractivity contribution in [2.75, 3.05) is 7.05 Å². The normalized spacial score (nSPS) is 8.43. The molecule has 1 aromatic carbocycles. The van der Waals surface area contributed by atoms with Crippen molar-refractivity contribution in [3.05, 3.63) is 29.8 Å². The zero-order chi connectivity index (χ0) is 11.4. The fraction of sp³-hybridized carbons (Fsp3) is 0.500. The van der Waals surface area contributed by atoms with Gasteiger partial charge in [-0.1, -0.05) is 45.4 Å². The van der Waals surface area contributed by atoms with Crippen LogP contribution in [0.4, 0.5) is 5.69 Å². The van der Waals surface area contributed by atoms with E-state index in [1.54, 1.807) is 7.05 Å². The largest absolute Gasteiger partial charge is 0.192 e. The molecule has 82 valence electrons. The van der Waals surface area contributed by atoms with Crippen LogP contribution in [0.15, 0.2) is 34.5 Å². The maximum Gasteiger partial charge on any atom is 0.0852 e. The van der Waals surface area contributed by atoms with Gasteiger partial charge in [0.25, 0.3) is 0 Å². The summed E-state index contributed by atoms with van der Waals surface area (Å²) in [5.41, 5.74) is 2.16. The molecule has 0 heterocycles. The van der Waals surface area contributed by atoms with Gasteiger partial charge in [-0.15, -0.1) is 0 Å². The van der Waals surface area contributed by atoms with Crippen molar-refractivity contribution in [3.8, 4) is 0 Å². The molecule has 0 aliphatic rings. The van der Waals surface area contributed by atoms with E-state index in [0.29, 0.717) is 0 Å². The number of hydrogen-bond donors (Lipinski definition) is 0. The van der Waals surface area contributed by atoms with Gasteiger partial charge >= 0.3 is 0 Å². The Bertz CT molecular complexity index is 230. The van der Waals surface area contributed by atoms with E-state index < -0.39 is 0 Å². The first-order valence-corrected chi connectivity index (χ1v) is 5.19. The van der Waals surface area contributed by atoms with E-state index >= 15 is 0 Å². The molecule has 2 nitrogen and oxygen atoms in total. The molecule has 2 heteroatoms. The van der Waals surface area contributed by atoms with Crippen LogP contribution in [0.25, 0.3) is 0 Å². The molecule has 0 aliphatic carbocycles. The third-order valence-corrected chi connectivity index (χ3v) is 1.25. The topological polar surface area (TPSA) is 24.7 Å². The quantitative estimate of drug-likeness (QED) is 0.565. The van der Waals surface area contributed by atoms with Gasteiger partial charge < -0.3 is 0 Å². The van der Waals surface area contributed by atoms with Crippen LogP contribution >= 0.6 is 0 Å². The molecule has 1 aromatic rings. The van der Waals surface area contributed by atoms with Crippen LogP contribution in [0.5, 0.6) is 0 Å². The first-order valence-electron chi connectivity index (χ1n) is 5.19. The van der Waals surface area contributed by atoms with Crippen molar-refractivity contribution < 1.29 is 1.43 Å². The van der Waals surface area contributed by atoms with Crippen LogP contribution in [-0.4, -0.2) is 7.05 Å². The SMILES string of the molecule is CC.CC.CN=Nc1ccc(C)cc1.[2HH]. The fourth-order valence-corrected chi connectivity index (χ4v) is 0.727. The number of azo groups is 1. The van der Waals surface area contributed by atoms with Gasteiger partial charge in [0.05, 0.1) is 5.69 Å². The minimum absolute atomic E-state index is 0. The Morgan fingerprint density at radius 2 is 1.36 bits per heavy atom. The molecule has 0 saturated carbocycles. The number of benzene rings is 1. The van der Waals surface area contributed by atoms with Crippen molar-refractivity contribution in [2.45, 2.75) is 34.6 Å². The number of nitrogens with zero attached hydrogens (tertiary/aromatic N) is 2. The third-order valence-electron chi connectivity index (χ3n) is 1.25. The van der Waals surface area contributed by atoms with Gasteiger partial charge in [-0.3, -0.25) is 0 Å². The van der Waals surface area contributed by atoms with Gasteiger partial charge in [0.2, 0.25) is 0 Å². The molecule has 0 aromatic heterocycles. The average Bonchev–Trinajstić information content (AvgIpc) is 2.28. The summed E-state index contributed by atoms with van der Waals surface area (Å²) in [6.45, 7) is 10.0. The van der Waals surface area contributed by atoms with E-state index in [0.717, 1.165) is 5.69 Å². The summed E-state index contributed by atoms with van der Waals surface area (Å²) in [5, 5.41) is 7.53. The van der Waals surface area contributed by atoms with Crippen LogP contribution < -0.4 is 0 Å². The standard InChI is InChI=1S/C8H10N2.2C2H6.H2/c1-7-3-5-8(6-4-7)10-9-2;2*1-2;/h3-6H,1-2H3;2*1-2H3;1H/i;;;1+1. The van der Waals surface area contributed by atoms with Crippen molar-refractivity contribution in [2.24, 2.45) is 10.2 Å². The molecule has 0 fully saturated rings. The number of aryl methyl sites for hydroxylation is 1. The second-order valence-corrected chi connectivity index (χ2v) is 2.14. The van der Waals surface area contributed by atoms with Crippen LogP contribution in [0, 0.1) is 6.92 Å². The van der Waals surface area contributed by atoms with Gasteiger partial charge in [0, 0.05) is 8.47 Å². The highest BCUT2D eigenvalue weighted by atomic mass is 15.1. The first kappa shape index (κ1) is 15.3. The van der Waals surface area contributed by atoms with E-state index in [9.17, 15) is 0 Å². The summed E-state index contributed by atoms with van der Waals surface area (Å²) in [7, 11) is 1.67. The molecular weight excluding hydrogens is 172 g/mol. The van der Waals surface area contributed by atoms with Crippen molar-refractivity contribution in [1.82, 2.24) is 0 Å². The second-order valence-electron chi connectivity index (χ2n) is 2.14. The van der Waals surface area contributed by atoms with E-state index in [4.69, 9.17) is 0 Å². The summed E-state index contributed by atoms with van der Waals surface area (Å²) in [6, 6.07) is 7.93. The van der Waals surface area contributed by atoms with Crippen LogP contribution in [0.3, 0.4) is 0 Å². The lowest BCUT2D eigenvalue weighted by Gasteiger charge is -1.90.